The molecule has 0 radical (unpaired) electrons. The van der Waals surface area contributed by atoms with Gasteiger partial charge in [0, 0.05) is 29.8 Å². The molecule has 0 aromatic heterocycles. The molecule has 7 nitrogen and oxygen atoms in total. The van der Waals surface area contributed by atoms with Gasteiger partial charge in [0.2, 0.25) is 5.90 Å². The highest BCUT2D eigenvalue weighted by atomic mass is 32.2. The number of carbonyl (C=O) groups excluding carboxylic acids is 1. The predicted octanol–water partition coefficient (Wildman–Crippen LogP) is 3.35. The molecule has 13 heteroatoms. The van der Waals surface area contributed by atoms with E-state index >= 15 is 0 Å². The number of carbonyl (C=O) groups is 1. The monoisotopic (exact) mass is 480 g/mol. The number of rotatable bonds is 6. The van der Waals surface area contributed by atoms with Crippen LogP contribution in [0.15, 0.2) is 18.2 Å². The van der Waals surface area contributed by atoms with Crippen LogP contribution in [0.2, 0.25) is 0 Å². The number of nitrogens with one attached hydrogen (secondary N) is 3. The summed E-state index contributed by atoms with van der Waals surface area (Å²) in [5.41, 5.74) is 0.866. The van der Waals surface area contributed by atoms with Gasteiger partial charge in [-0.1, -0.05) is 18.9 Å². The molecule has 1 saturated carbocycles. The number of hydrogen-bond acceptors (Lipinski definition) is 5. The average molecular weight is 480 g/mol. The zero-order valence-electron chi connectivity index (χ0n) is 16.7. The first kappa shape index (κ1) is 24.2. The van der Waals surface area contributed by atoms with Gasteiger partial charge < -0.3 is 9.64 Å². The van der Waals surface area contributed by atoms with Gasteiger partial charge in [-0.25, -0.2) is 8.93 Å². The van der Waals surface area contributed by atoms with E-state index in [9.17, 15) is 31.0 Å². The Kier molecular flexibility index (Phi) is 7.28. The lowest BCUT2D eigenvalue weighted by molar-refractivity contribution is -0.106. The van der Waals surface area contributed by atoms with Crippen molar-refractivity contribution < 1.29 is 35.7 Å². The van der Waals surface area contributed by atoms with Gasteiger partial charge >= 0.3 is 12.6 Å². The molecule has 176 valence electrons. The molecular weight excluding hydrogens is 459 g/mol. The Labute approximate surface area is 182 Å². The number of alkyl halides is 5. The van der Waals surface area contributed by atoms with Crippen LogP contribution < -0.4 is 4.72 Å². The van der Waals surface area contributed by atoms with E-state index in [0.717, 1.165) is 12.8 Å². The molecular formula is C19H21F5N4O3S. The van der Waals surface area contributed by atoms with Crippen molar-refractivity contribution in [3.8, 4) is 0 Å². The van der Waals surface area contributed by atoms with Crippen LogP contribution >= 0.6 is 0 Å². The Morgan fingerprint density at radius 3 is 2.59 bits per heavy atom. The lowest BCUT2D eigenvalue weighted by atomic mass is 9.90. The van der Waals surface area contributed by atoms with Crippen LogP contribution in [0.4, 0.5) is 22.0 Å². The molecule has 3 rings (SSSR count). The molecule has 3 atom stereocenters. The number of hydrogen-bond donors (Lipinski definition) is 3. The number of benzene rings is 1. The Hall–Kier alpha value is -2.41. The Bertz CT molecular complexity index is 940. The number of nitrogens with zero attached hydrogens (tertiary/aromatic N) is 1. The van der Waals surface area contributed by atoms with E-state index in [0.29, 0.717) is 18.4 Å². The van der Waals surface area contributed by atoms with Crippen molar-refractivity contribution in [3.05, 3.63) is 34.9 Å². The molecule has 1 aliphatic heterocycles. The normalized spacial score (nSPS) is 22.1. The lowest BCUT2D eigenvalue weighted by Crippen LogP contribution is -2.53. The van der Waals surface area contributed by atoms with Crippen LogP contribution in [0.1, 0.15) is 47.2 Å². The average Bonchev–Trinajstić information content (AvgIpc) is 3.02. The van der Waals surface area contributed by atoms with Crippen LogP contribution in [0, 0.1) is 10.8 Å². The molecule has 1 aromatic carbocycles. The van der Waals surface area contributed by atoms with E-state index in [4.69, 9.17) is 10.8 Å². The van der Waals surface area contributed by atoms with Crippen molar-refractivity contribution in [1.29, 1.82) is 10.8 Å². The van der Waals surface area contributed by atoms with Gasteiger partial charge in [0.15, 0.2) is 0 Å². The third-order valence-electron chi connectivity index (χ3n) is 5.32. The van der Waals surface area contributed by atoms with Crippen LogP contribution in [-0.4, -0.2) is 57.2 Å². The van der Waals surface area contributed by atoms with Crippen molar-refractivity contribution in [2.45, 2.75) is 56.9 Å². The van der Waals surface area contributed by atoms with Crippen molar-refractivity contribution in [2.75, 3.05) is 5.75 Å². The number of amides is 1. The summed E-state index contributed by atoms with van der Waals surface area (Å²) in [6, 6.07) is 3.22. The fraction of sp³-hybridized carbons (Fsp3) is 0.526. The number of ether oxygens (including phenoxy) is 1. The second-order valence-corrected chi connectivity index (χ2v) is 8.80. The van der Waals surface area contributed by atoms with Gasteiger partial charge in [-0.3, -0.25) is 15.6 Å². The zero-order chi connectivity index (χ0) is 23.6. The molecule has 2 aliphatic rings. The topological polar surface area (TPSA) is 106 Å². The van der Waals surface area contributed by atoms with Gasteiger partial charge in [-0.2, -0.15) is 22.0 Å². The third kappa shape index (κ3) is 5.68. The third-order valence-corrected chi connectivity index (χ3v) is 6.48. The quantitative estimate of drug-likeness (QED) is 0.330. The van der Waals surface area contributed by atoms with Crippen LogP contribution in [0.5, 0.6) is 0 Å². The maximum Gasteiger partial charge on any atom is 0.401 e. The summed E-state index contributed by atoms with van der Waals surface area (Å²) in [5.74, 6) is -3.99. The van der Waals surface area contributed by atoms with E-state index < -0.39 is 59.1 Å². The Morgan fingerprint density at radius 1 is 1.25 bits per heavy atom. The fourth-order valence-corrected chi connectivity index (χ4v) is 4.92. The van der Waals surface area contributed by atoms with Gasteiger partial charge in [0.1, 0.15) is 16.7 Å². The highest BCUT2D eigenvalue weighted by Crippen LogP contribution is 2.32. The van der Waals surface area contributed by atoms with Gasteiger partial charge in [0.25, 0.3) is 11.8 Å². The van der Waals surface area contributed by atoms with E-state index in [1.165, 1.54) is 17.0 Å². The highest BCUT2D eigenvalue weighted by molar-refractivity contribution is 7.83. The van der Waals surface area contributed by atoms with Gasteiger partial charge in [0.05, 0.1) is 0 Å². The standard InChI is InChI=1S/C19H21F5N4O3S/c20-15(21)17(26)31-16(25)10-5-6-11-8-28(18(29)12(11)7-10)14-4-2-1-3-13(14)27-32(30)9-19(22,23)24/h5-7,13-15,25-27H,1-4,8-9H2/t13-,14?,32?/m1/s1. The highest BCUT2D eigenvalue weighted by Gasteiger charge is 2.40. The van der Waals surface area contributed by atoms with Crippen molar-refractivity contribution in [2.24, 2.45) is 0 Å². The minimum Gasteiger partial charge on any atom is -0.419 e. The predicted molar refractivity (Wildman–Crippen MR) is 106 cm³/mol. The molecule has 0 spiro atoms. The maximum atomic E-state index is 13.0. The van der Waals surface area contributed by atoms with Gasteiger partial charge in [-0.05, 0) is 30.5 Å². The minimum absolute atomic E-state index is 0.0361. The molecule has 32 heavy (non-hydrogen) atoms. The molecule has 0 saturated heterocycles. The summed E-state index contributed by atoms with van der Waals surface area (Å²) >= 11 is 0. The van der Waals surface area contributed by atoms with E-state index in [2.05, 4.69) is 9.46 Å². The summed E-state index contributed by atoms with van der Waals surface area (Å²) in [5, 5.41) is 14.8. The summed E-state index contributed by atoms with van der Waals surface area (Å²) in [6.07, 6.45) is -5.28. The Balaban J connectivity index is 1.74. The second kappa shape index (κ2) is 9.61. The Morgan fingerprint density at radius 2 is 1.94 bits per heavy atom. The lowest BCUT2D eigenvalue weighted by Gasteiger charge is -2.38. The molecule has 3 N–H and O–H groups in total. The molecule has 1 fully saturated rings. The van der Waals surface area contributed by atoms with Crippen LogP contribution in [0.3, 0.4) is 0 Å². The van der Waals surface area contributed by atoms with Crippen LogP contribution in [0.25, 0.3) is 0 Å². The summed E-state index contributed by atoms with van der Waals surface area (Å²) in [6.45, 7) is 0.185. The molecule has 1 amide bonds. The first-order valence-corrected chi connectivity index (χ1v) is 11.1. The number of halogens is 5. The van der Waals surface area contributed by atoms with Crippen molar-refractivity contribution in [3.63, 3.8) is 0 Å². The molecule has 1 heterocycles. The number of fused-ring (bicyclic) bond motifs is 1. The largest absolute Gasteiger partial charge is 0.419 e. The van der Waals surface area contributed by atoms with Crippen LogP contribution in [-0.2, 0) is 22.3 Å². The van der Waals surface area contributed by atoms with Crippen molar-refractivity contribution >= 4 is 28.7 Å². The molecule has 1 aromatic rings. The smallest absolute Gasteiger partial charge is 0.401 e. The van der Waals surface area contributed by atoms with Gasteiger partial charge in [-0.15, -0.1) is 0 Å². The zero-order valence-corrected chi connectivity index (χ0v) is 17.5. The minimum atomic E-state index is -4.58. The second-order valence-electron chi connectivity index (χ2n) is 7.58. The SMILES string of the molecule is N=C(OC(=N)C(F)F)c1ccc2c(c1)C(=O)N(C1CCCC[C@H]1NS(=O)CC(F)(F)F)C2. The summed E-state index contributed by atoms with van der Waals surface area (Å²) < 4.78 is 81.5. The van der Waals surface area contributed by atoms with E-state index in [1.807, 2.05) is 0 Å². The summed E-state index contributed by atoms with van der Waals surface area (Å²) in [7, 11) is -2.33. The van der Waals surface area contributed by atoms with E-state index in [-0.39, 0.29) is 17.7 Å². The molecule has 2 unspecified atom stereocenters. The van der Waals surface area contributed by atoms with Crippen molar-refractivity contribution in [1.82, 2.24) is 9.62 Å². The fourth-order valence-electron chi connectivity index (χ4n) is 3.93. The first-order valence-electron chi connectivity index (χ1n) is 9.75. The molecule has 1 aliphatic carbocycles. The van der Waals surface area contributed by atoms with E-state index in [1.54, 1.807) is 6.07 Å². The maximum absolute atomic E-state index is 13.0. The summed E-state index contributed by atoms with van der Waals surface area (Å²) in [4.78, 5) is 14.5. The molecule has 0 bridgehead atoms. The first-order chi connectivity index (χ1) is 15.0.